The number of imidazole rings is 1. The third kappa shape index (κ3) is 2.70. The van der Waals surface area contributed by atoms with E-state index in [0.29, 0.717) is 13.1 Å². The minimum atomic E-state index is -0.191. The lowest BCUT2D eigenvalue weighted by molar-refractivity contribution is 0.621. The van der Waals surface area contributed by atoms with E-state index in [1.807, 2.05) is 37.3 Å². The van der Waals surface area contributed by atoms with Crippen LogP contribution < -0.4 is 5.32 Å². The van der Waals surface area contributed by atoms with E-state index in [1.165, 1.54) is 6.07 Å². The molecule has 0 bridgehead atoms. The molecule has 2 N–H and O–H groups in total. The number of aromatic amines is 1. The van der Waals surface area contributed by atoms with E-state index in [2.05, 4.69) is 15.3 Å². The largest absolute Gasteiger partial charge is 0.341 e. The van der Waals surface area contributed by atoms with Gasteiger partial charge in [-0.25, -0.2) is 9.37 Å². The first-order valence-electron chi connectivity index (χ1n) is 6.62. The SMILES string of the molecule is Cc1cc(F)ccc1CNCc1nc2ccccc2[nH]1. The Kier molecular flexibility index (Phi) is 3.48. The molecule has 3 aromatic rings. The van der Waals surface area contributed by atoms with Gasteiger partial charge in [-0.2, -0.15) is 0 Å². The molecule has 0 saturated heterocycles. The Morgan fingerprint density at radius 3 is 2.80 bits per heavy atom. The molecule has 0 amide bonds. The van der Waals surface area contributed by atoms with Gasteiger partial charge in [-0.05, 0) is 42.3 Å². The number of aryl methyl sites for hydroxylation is 1. The molecule has 2 aromatic carbocycles. The summed E-state index contributed by atoms with van der Waals surface area (Å²) in [6.07, 6.45) is 0. The molecule has 3 nitrogen and oxygen atoms in total. The number of benzene rings is 2. The van der Waals surface area contributed by atoms with Crippen LogP contribution in [0.4, 0.5) is 4.39 Å². The number of nitrogens with zero attached hydrogens (tertiary/aromatic N) is 1. The molecule has 4 heteroatoms. The van der Waals surface area contributed by atoms with Gasteiger partial charge in [-0.3, -0.25) is 0 Å². The van der Waals surface area contributed by atoms with Crippen LogP contribution in [0.1, 0.15) is 17.0 Å². The highest BCUT2D eigenvalue weighted by Crippen LogP contribution is 2.12. The second kappa shape index (κ2) is 5.43. The number of fused-ring (bicyclic) bond motifs is 1. The number of hydrogen-bond donors (Lipinski definition) is 2. The van der Waals surface area contributed by atoms with Crippen LogP contribution in [0, 0.1) is 12.7 Å². The van der Waals surface area contributed by atoms with Crippen molar-refractivity contribution in [2.24, 2.45) is 0 Å². The molecule has 0 unspecified atom stereocenters. The van der Waals surface area contributed by atoms with Crippen molar-refractivity contribution < 1.29 is 4.39 Å². The number of nitrogens with one attached hydrogen (secondary N) is 2. The van der Waals surface area contributed by atoms with Crippen LogP contribution in [0.2, 0.25) is 0 Å². The molecule has 0 radical (unpaired) electrons. The topological polar surface area (TPSA) is 40.7 Å². The Morgan fingerprint density at radius 2 is 2.00 bits per heavy atom. The van der Waals surface area contributed by atoms with Crippen molar-refractivity contribution in [3.8, 4) is 0 Å². The molecule has 102 valence electrons. The smallest absolute Gasteiger partial charge is 0.123 e. The van der Waals surface area contributed by atoms with Crippen LogP contribution in [-0.2, 0) is 13.1 Å². The minimum absolute atomic E-state index is 0.191. The van der Waals surface area contributed by atoms with Gasteiger partial charge in [0.25, 0.3) is 0 Å². The second-order valence-electron chi connectivity index (χ2n) is 4.88. The summed E-state index contributed by atoms with van der Waals surface area (Å²) >= 11 is 0. The molecule has 1 aromatic heterocycles. The van der Waals surface area contributed by atoms with Crippen LogP contribution >= 0.6 is 0 Å². The third-order valence-corrected chi connectivity index (χ3v) is 3.35. The van der Waals surface area contributed by atoms with E-state index in [9.17, 15) is 4.39 Å². The Balaban J connectivity index is 1.64. The zero-order valence-corrected chi connectivity index (χ0v) is 11.3. The first kappa shape index (κ1) is 12.8. The average molecular weight is 269 g/mol. The number of para-hydroxylation sites is 2. The van der Waals surface area contributed by atoms with Gasteiger partial charge < -0.3 is 10.3 Å². The summed E-state index contributed by atoms with van der Waals surface area (Å²) in [7, 11) is 0. The average Bonchev–Trinajstić information content (AvgIpc) is 2.84. The molecule has 1 heterocycles. The highest BCUT2D eigenvalue weighted by Gasteiger charge is 2.03. The van der Waals surface area contributed by atoms with Gasteiger partial charge in [0.05, 0.1) is 17.6 Å². The van der Waals surface area contributed by atoms with Crippen LogP contribution in [-0.4, -0.2) is 9.97 Å². The summed E-state index contributed by atoms with van der Waals surface area (Å²) in [5.74, 6) is 0.717. The van der Waals surface area contributed by atoms with E-state index in [-0.39, 0.29) is 5.82 Å². The zero-order chi connectivity index (χ0) is 13.9. The summed E-state index contributed by atoms with van der Waals surface area (Å²) in [5.41, 5.74) is 4.08. The fourth-order valence-corrected chi connectivity index (χ4v) is 2.26. The van der Waals surface area contributed by atoms with Crippen LogP contribution in [0.3, 0.4) is 0 Å². The Bertz CT molecular complexity index is 700. The van der Waals surface area contributed by atoms with Gasteiger partial charge in [-0.1, -0.05) is 18.2 Å². The molecule has 0 saturated carbocycles. The maximum Gasteiger partial charge on any atom is 0.123 e. The van der Waals surface area contributed by atoms with E-state index in [0.717, 1.165) is 28.0 Å². The lowest BCUT2D eigenvalue weighted by atomic mass is 10.1. The monoisotopic (exact) mass is 269 g/mol. The summed E-state index contributed by atoms with van der Waals surface area (Å²) in [5, 5.41) is 3.32. The van der Waals surface area contributed by atoms with E-state index in [1.54, 1.807) is 6.07 Å². The Hall–Kier alpha value is -2.20. The molecule has 0 aliphatic carbocycles. The number of hydrogen-bond acceptors (Lipinski definition) is 2. The summed E-state index contributed by atoms with van der Waals surface area (Å²) in [6, 6.07) is 12.8. The quantitative estimate of drug-likeness (QED) is 0.763. The van der Waals surface area contributed by atoms with Gasteiger partial charge in [-0.15, -0.1) is 0 Å². The maximum atomic E-state index is 13.0. The first-order valence-corrected chi connectivity index (χ1v) is 6.62. The molecule has 0 spiro atoms. The fraction of sp³-hybridized carbons (Fsp3) is 0.188. The molecule has 0 aliphatic heterocycles. The number of halogens is 1. The normalized spacial score (nSPS) is 11.1. The van der Waals surface area contributed by atoms with E-state index in [4.69, 9.17) is 0 Å². The van der Waals surface area contributed by atoms with Crippen molar-refractivity contribution in [3.63, 3.8) is 0 Å². The molecule has 0 atom stereocenters. The highest BCUT2D eigenvalue weighted by atomic mass is 19.1. The number of H-pyrrole nitrogens is 1. The molecule has 0 fully saturated rings. The molecule has 20 heavy (non-hydrogen) atoms. The zero-order valence-electron chi connectivity index (χ0n) is 11.3. The molecular formula is C16H16FN3. The van der Waals surface area contributed by atoms with Crippen molar-refractivity contribution in [3.05, 3.63) is 65.2 Å². The summed E-state index contributed by atoms with van der Waals surface area (Å²) in [6.45, 7) is 3.27. The predicted octanol–water partition coefficient (Wildman–Crippen LogP) is 3.30. The maximum absolute atomic E-state index is 13.0. The fourth-order valence-electron chi connectivity index (χ4n) is 2.26. The third-order valence-electron chi connectivity index (χ3n) is 3.35. The lowest BCUT2D eigenvalue weighted by Crippen LogP contribution is -2.14. The summed E-state index contributed by atoms with van der Waals surface area (Å²) in [4.78, 5) is 7.77. The Labute approximate surface area is 116 Å². The predicted molar refractivity (Wildman–Crippen MR) is 77.8 cm³/mol. The first-order chi connectivity index (χ1) is 9.72. The minimum Gasteiger partial charge on any atom is -0.341 e. The second-order valence-corrected chi connectivity index (χ2v) is 4.88. The van der Waals surface area contributed by atoms with Crippen LogP contribution in [0.15, 0.2) is 42.5 Å². The van der Waals surface area contributed by atoms with E-state index < -0.39 is 0 Å². The number of aromatic nitrogens is 2. The lowest BCUT2D eigenvalue weighted by Gasteiger charge is -2.06. The van der Waals surface area contributed by atoms with Gasteiger partial charge >= 0.3 is 0 Å². The van der Waals surface area contributed by atoms with Crippen LogP contribution in [0.25, 0.3) is 11.0 Å². The molecule has 3 rings (SSSR count). The van der Waals surface area contributed by atoms with Crippen molar-refractivity contribution >= 4 is 11.0 Å². The Morgan fingerprint density at radius 1 is 1.15 bits per heavy atom. The van der Waals surface area contributed by atoms with Crippen LogP contribution in [0.5, 0.6) is 0 Å². The van der Waals surface area contributed by atoms with Gasteiger partial charge in [0.1, 0.15) is 11.6 Å². The van der Waals surface area contributed by atoms with Crippen molar-refractivity contribution in [2.75, 3.05) is 0 Å². The van der Waals surface area contributed by atoms with E-state index >= 15 is 0 Å². The standard InChI is InChI=1S/C16H16FN3/c1-11-8-13(17)7-6-12(11)9-18-10-16-19-14-4-2-3-5-15(14)20-16/h2-8,18H,9-10H2,1H3,(H,19,20). The highest BCUT2D eigenvalue weighted by molar-refractivity contribution is 5.74. The van der Waals surface area contributed by atoms with Gasteiger partial charge in [0, 0.05) is 6.54 Å². The summed E-state index contributed by atoms with van der Waals surface area (Å²) < 4.78 is 13.0. The van der Waals surface area contributed by atoms with Crippen molar-refractivity contribution in [1.82, 2.24) is 15.3 Å². The van der Waals surface area contributed by atoms with Crippen molar-refractivity contribution in [2.45, 2.75) is 20.0 Å². The molecule has 0 aliphatic rings. The number of rotatable bonds is 4. The van der Waals surface area contributed by atoms with Gasteiger partial charge in [0.2, 0.25) is 0 Å². The van der Waals surface area contributed by atoms with Crippen molar-refractivity contribution in [1.29, 1.82) is 0 Å². The molecular weight excluding hydrogens is 253 g/mol. The van der Waals surface area contributed by atoms with Gasteiger partial charge in [0.15, 0.2) is 0 Å².